The number of benzene rings is 10. The largest absolute Gasteiger partial charge is 0.455 e. The Morgan fingerprint density at radius 1 is 0.327 bits per heavy atom. The fourth-order valence-corrected chi connectivity index (χ4v) is 9.79. The molecule has 0 saturated carbocycles. The molecule has 0 aliphatic carbocycles. The van der Waals surface area contributed by atoms with Crippen molar-refractivity contribution >= 4 is 109 Å². The zero-order valence-corrected chi connectivity index (χ0v) is 29.6. The summed E-state index contributed by atoms with van der Waals surface area (Å²) >= 11 is 0. The second-order valence-electron chi connectivity index (χ2n) is 14.8. The van der Waals surface area contributed by atoms with Gasteiger partial charge in [-0.05, 0) is 92.3 Å². The Labute approximate surface area is 314 Å². The molecular formula is C52H30N2O. The smallest absolute Gasteiger partial charge is 0.145 e. The monoisotopic (exact) mass is 698 g/mol. The van der Waals surface area contributed by atoms with Crippen LogP contribution in [0.25, 0.3) is 120 Å². The molecule has 13 rings (SSSR count). The van der Waals surface area contributed by atoms with Crippen LogP contribution in [0.3, 0.4) is 0 Å². The molecule has 0 fully saturated rings. The molecule has 0 radical (unpaired) electrons. The normalized spacial score (nSPS) is 12.4. The van der Waals surface area contributed by atoms with E-state index in [0.29, 0.717) is 0 Å². The predicted octanol–water partition coefficient (Wildman–Crippen LogP) is 14.4. The molecule has 0 unspecified atom stereocenters. The minimum absolute atomic E-state index is 0.906. The molecule has 3 heteroatoms. The first-order chi connectivity index (χ1) is 27.3. The van der Waals surface area contributed by atoms with E-state index in [9.17, 15) is 0 Å². The summed E-state index contributed by atoms with van der Waals surface area (Å²) in [7, 11) is 0. The van der Waals surface area contributed by atoms with Crippen molar-refractivity contribution in [3.8, 4) is 11.4 Å². The Balaban J connectivity index is 1.25. The molecule has 0 atom stereocenters. The lowest BCUT2D eigenvalue weighted by Gasteiger charge is -2.14. The van der Waals surface area contributed by atoms with Crippen molar-refractivity contribution in [2.75, 3.05) is 0 Å². The van der Waals surface area contributed by atoms with E-state index in [0.717, 1.165) is 38.5 Å². The summed E-state index contributed by atoms with van der Waals surface area (Å²) in [4.78, 5) is 0. The Morgan fingerprint density at radius 3 is 1.67 bits per heavy atom. The van der Waals surface area contributed by atoms with Gasteiger partial charge in [-0.3, -0.25) is 0 Å². The quantitative estimate of drug-likeness (QED) is 0.165. The van der Waals surface area contributed by atoms with E-state index < -0.39 is 0 Å². The molecule has 0 N–H and O–H groups in total. The Kier molecular flexibility index (Phi) is 5.63. The van der Waals surface area contributed by atoms with Crippen molar-refractivity contribution < 1.29 is 4.42 Å². The molecule has 0 spiro atoms. The summed E-state index contributed by atoms with van der Waals surface area (Å²) in [6.45, 7) is 0. The van der Waals surface area contributed by atoms with Gasteiger partial charge in [-0.25, -0.2) is 0 Å². The Morgan fingerprint density at radius 2 is 0.891 bits per heavy atom. The first-order valence-electron chi connectivity index (χ1n) is 18.9. The zero-order valence-electron chi connectivity index (χ0n) is 29.6. The lowest BCUT2D eigenvalue weighted by Crippen LogP contribution is -1.96. The number of hydrogen-bond donors (Lipinski definition) is 0. The Hall–Kier alpha value is -7.36. The summed E-state index contributed by atoms with van der Waals surface area (Å²) in [6.07, 6.45) is 0. The summed E-state index contributed by atoms with van der Waals surface area (Å²) in [5.74, 6) is 0. The van der Waals surface area contributed by atoms with Crippen LogP contribution < -0.4 is 0 Å². The van der Waals surface area contributed by atoms with Crippen molar-refractivity contribution in [2.24, 2.45) is 0 Å². The fraction of sp³-hybridized carbons (Fsp3) is 0. The van der Waals surface area contributed by atoms with Crippen LogP contribution in [0.4, 0.5) is 0 Å². The van der Waals surface area contributed by atoms with Crippen molar-refractivity contribution in [2.45, 2.75) is 0 Å². The van der Waals surface area contributed by atoms with Gasteiger partial charge >= 0.3 is 0 Å². The SMILES string of the molecule is c1ccc2c(-n3c4ccccc4c4c3ccc3c5c6oc7ccccc7c6ccc5n(-c5ccc6c7ccccc7c7ccccc7c6c5)c34)cccc2c1. The molecule has 3 nitrogen and oxygen atoms in total. The van der Waals surface area contributed by atoms with Crippen LogP contribution in [0.1, 0.15) is 0 Å². The second-order valence-corrected chi connectivity index (χ2v) is 14.8. The van der Waals surface area contributed by atoms with E-state index >= 15 is 0 Å². The van der Waals surface area contributed by atoms with Crippen molar-refractivity contribution in [1.82, 2.24) is 9.13 Å². The molecule has 10 aromatic carbocycles. The molecule has 3 aromatic heterocycles. The van der Waals surface area contributed by atoms with Crippen LogP contribution in [-0.4, -0.2) is 9.13 Å². The molecular weight excluding hydrogens is 669 g/mol. The van der Waals surface area contributed by atoms with Gasteiger partial charge in [0.15, 0.2) is 0 Å². The number of nitrogens with zero attached hydrogens (tertiary/aromatic N) is 2. The van der Waals surface area contributed by atoms with Gasteiger partial charge in [0.1, 0.15) is 11.2 Å². The lowest BCUT2D eigenvalue weighted by atomic mass is 9.94. The van der Waals surface area contributed by atoms with E-state index in [1.807, 2.05) is 0 Å². The van der Waals surface area contributed by atoms with Crippen molar-refractivity contribution in [3.63, 3.8) is 0 Å². The highest BCUT2D eigenvalue weighted by molar-refractivity contribution is 6.31. The third-order valence-electron chi connectivity index (χ3n) is 12.1. The molecule has 55 heavy (non-hydrogen) atoms. The Bertz CT molecular complexity index is 3740. The van der Waals surface area contributed by atoms with E-state index in [2.05, 4.69) is 191 Å². The van der Waals surface area contributed by atoms with Gasteiger partial charge in [0, 0.05) is 38.0 Å². The van der Waals surface area contributed by atoms with Crippen LogP contribution in [0.15, 0.2) is 186 Å². The van der Waals surface area contributed by atoms with Crippen molar-refractivity contribution in [1.29, 1.82) is 0 Å². The van der Waals surface area contributed by atoms with Crippen LogP contribution in [-0.2, 0) is 0 Å². The highest BCUT2D eigenvalue weighted by Crippen LogP contribution is 2.46. The first-order valence-corrected chi connectivity index (χ1v) is 18.9. The molecule has 0 bridgehead atoms. The molecule has 0 amide bonds. The molecule has 254 valence electrons. The number of furan rings is 1. The fourth-order valence-electron chi connectivity index (χ4n) is 9.79. The van der Waals surface area contributed by atoms with E-state index in [1.165, 1.54) is 81.5 Å². The van der Waals surface area contributed by atoms with E-state index in [-0.39, 0.29) is 0 Å². The molecule has 0 aliphatic rings. The van der Waals surface area contributed by atoms with Crippen LogP contribution in [0, 0.1) is 0 Å². The maximum Gasteiger partial charge on any atom is 0.145 e. The average Bonchev–Trinajstić information content (AvgIpc) is 3.91. The zero-order chi connectivity index (χ0) is 35.8. The third-order valence-corrected chi connectivity index (χ3v) is 12.1. The number of aromatic nitrogens is 2. The first kappa shape index (κ1) is 29.1. The van der Waals surface area contributed by atoms with Gasteiger partial charge in [-0.1, -0.05) is 127 Å². The summed E-state index contributed by atoms with van der Waals surface area (Å²) in [5, 5.41) is 17.1. The third kappa shape index (κ3) is 3.79. The molecule has 0 saturated heterocycles. The number of para-hydroxylation sites is 2. The van der Waals surface area contributed by atoms with Gasteiger partial charge in [0.25, 0.3) is 0 Å². The summed E-state index contributed by atoms with van der Waals surface area (Å²) < 4.78 is 11.8. The topological polar surface area (TPSA) is 23.0 Å². The van der Waals surface area contributed by atoms with Crippen LogP contribution in [0.5, 0.6) is 0 Å². The second kappa shape index (κ2) is 10.6. The minimum Gasteiger partial charge on any atom is -0.455 e. The maximum atomic E-state index is 6.80. The van der Waals surface area contributed by atoms with Crippen LogP contribution >= 0.6 is 0 Å². The standard InChI is InChI=1S/C52H30N2O/c1-2-14-33-31(12-1)13-11-22-44(33)54-45-21-9-7-20-41(45)49-46(54)29-27-42-50-47(28-26-40-39-19-8-10-23-48(39)55-52(40)50)53(51(42)49)32-24-25-38-36-17-4-3-15-34(36)35-16-5-6-18-37(35)43(38)30-32/h1-30H. The molecule has 3 heterocycles. The van der Waals surface area contributed by atoms with E-state index in [4.69, 9.17) is 4.42 Å². The maximum absolute atomic E-state index is 6.80. The molecule has 0 aliphatic heterocycles. The molecule has 13 aromatic rings. The minimum atomic E-state index is 0.906. The summed E-state index contributed by atoms with van der Waals surface area (Å²) in [5.41, 5.74) is 8.80. The number of fused-ring (bicyclic) bond motifs is 18. The average molecular weight is 699 g/mol. The highest BCUT2D eigenvalue weighted by atomic mass is 16.3. The lowest BCUT2D eigenvalue weighted by molar-refractivity contribution is 0.673. The summed E-state index contributed by atoms with van der Waals surface area (Å²) in [6, 6.07) is 66.5. The predicted molar refractivity (Wildman–Crippen MR) is 232 cm³/mol. The number of hydrogen-bond acceptors (Lipinski definition) is 1. The van der Waals surface area contributed by atoms with Crippen molar-refractivity contribution in [3.05, 3.63) is 182 Å². The van der Waals surface area contributed by atoms with Gasteiger partial charge < -0.3 is 13.6 Å². The van der Waals surface area contributed by atoms with Gasteiger partial charge in [0.05, 0.1) is 33.1 Å². The van der Waals surface area contributed by atoms with Gasteiger partial charge in [-0.15, -0.1) is 0 Å². The van der Waals surface area contributed by atoms with Crippen LogP contribution in [0.2, 0.25) is 0 Å². The van der Waals surface area contributed by atoms with E-state index in [1.54, 1.807) is 0 Å². The number of rotatable bonds is 2. The van der Waals surface area contributed by atoms with Gasteiger partial charge in [-0.2, -0.15) is 0 Å². The highest BCUT2D eigenvalue weighted by Gasteiger charge is 2.24. The van der Waals surface area contributed by atoms with Gasteiger partial charge in [0.2, 0.25) is 0 Å².